The molecule has 0 bridgehead atoms. The second-order valence-electron chi connectivity index (χ2n) is 6.47. The molecule has 5 aromatic rings. The maximum atomic E-state index is 4.60. The van der Waals surface area contributed by atoms with Gasteiger partial charge in [0.1, 0.15) is 12.7 Å². The molecule has 1 aliphatic rings. The monoisotopic (exact) mass is 332 g/mol. The highest BCUT2D eigenvalue weighted by Gasteiger charge is 2.26. The third-order valence-corrected chi connectivity index (χ3v) is 5.11. The van der Waals surface area contributed by atoms with Crippen LogP contribution in [0.3, 0.4) is 0 Å². The number of rotatable bonds is 1. The van der Waals surface area contributed by atoms with Gasteiger partial charge in [-0.1, -0.05) is 36.4 Å². The Morgan fingerprint density at radius 1 is 0.615 bits per heavy atom. The lowest BCUT2D eigenvalue weighted by atomic mass is 9.92. The van der Waals surface area contributed by atoms with Gasteiger partial charge in [0.25, 0.3) is 0 Å². The van der Waals surface area contributed by atoms with E-state index in [-0.39, 0.29) is 0 Å². The summed E-state index contributed by atoms with van der Waals surface area (Å²) in [7, 11) is 0. The summed E-state index contributed by atoms with van der Waals surface area (Å²) in [4.78, 5) is 17.3. The number of aromatic nitrogens is 4. The van der Waals surface area contributed by atoms with E-state index in [9.17, 15) is 0 Å². The number of hydrogen-bond acceptors (Lipinski definition) is 4. The Bertz CT molecular complexity index is 1320. The summed E-state index contributed by atoms with van der Waals surface area (Å²) in [5.74, 6) is 0. The van der Waals surface area contributed by atoms with Crippen LogP contribution in [0.5, 0.6) is 0 Å². The summed E-state index contributed by atoms with van der Waals surface area (Å²) >= 11 is 0. The Morgan fingerprint density at radius 3 is 2.23 bits per heavy atom. The van der Waals surface area contributed by atoms with Crippen LogP contribution in [-0.4, -0.2) is 19.9 Å². The molecule has 0 spiro atoms. The molecule has 3 aromatic carbocycles. The highest BCUT2D eigenvalue weighted by atomic mass is 14.8. The van der Waals surface area contributed by atoms with E-state index in [1.807, 2.05) is 18.6 Å². The van der Waals surface area contributed by atoms with Crippen LogP contribution in [0.15, 0.2) is 73.7 Å². The van der Waals surface area contributed by atoms with E-state index in [4.69, 9.17) is 0 Å². The van der Waals surface area contributed by atoms with Crippen LogP contribution in [0.2, 0.25) is 0 Å². The summed E-state index contributed by atoms with van der Waals surface area (Å²) in [6.45, 7) is 0. The number of fused-ring (bicyclic) bond motifs is 4. The topological polar surface area (TPSA) is 51.6 Å². The first-order chi connectivity index (χ1) is 12.9. The summed E-state index contributed by atoms with van der Waals surface area (Å²) in [5.41, 5.74) is 7.90. The van der Waals surface area contributed by atoms with Gasteiger partial charge in [0, 0.05) is 40.7 Å². The fraction of sp³-hybridized carbons (Fsp3) is 0. The molecule has 2 heterocycles. The third kappa shape index (κ3) is 1.68. The van der Waals surface area contributed by atoms with Gasteiger partial charge in [0.05, 0.1) is 5.52 Å². The largest absolute Gasteiger partial charge is 0.244 e. The summed E-state index contributed by atoms with van der Waals surface area (Å²) < 4.78 is 0. The van der Waals surface area contributed by atoms with E-state index in [0.29, 0.717) is 0 Å². The van der Waals surface area contributed by atoms with Crippen molar-refractivity contribution in [1.29, 1.82) is 0 Å². The van der Waals surface area contributed by atoms with Crippen molar-refractivity contribution >= 4 is 21.7 Å². The van der Waals surface area contributed by atoms with Crippen LogP contribution in [-0.2, 0) is 0 Å². The molecule has 0 N–H and O–H groups in total. The molecular weight excluding hydrogens is 320 g/mol. The first kappa shape index (κ1) is 13.6. The molecule has 4 heteroatoms. The second-order valence-corrected chi connectivity index (χ2v) is 6.47. The number of hydrogen-bond donors (Lipinski definition) is 0. The van der Waals surface area contributed by atoms with Crippen molar-refractivity contribution in [2.75, 3.05) is 0 Å². The first-order valence-corrected chi connectivity index (χ1v) is 8.46. The molecule has 0 fully saturated rings. The van der Waals surface area contributed by atoms with Gasteiger partial charge in [-0.15, -0.1) is 0 Å². The average molecular weight is 332 g/mol. The zero-order valence-corrected chi connectivity index (χ0v) is 13.7. The van der Waals surface area contributed by atoms with Crippen LogP contribution in [0.1, 0.15) is 0 Å². The lowest BCUT2D eigenvalue weighted by molar-refractivity contribution is 1.17. The Balaban J connectivity index is 1.87. The average Bonchev–Trinajstić information content (AvgIpc) is 3.03. The predicted octanol–water partition coefficient (Wildman–Crippen LogP) is 4.89. The van der Waals surface area contributed by atoms with Gasteiger partial charge < -0.3 is 0 Å². The minimum absolute atomic E-state index is 0.929. The van der Waals surface area contributed by atoms with Crippen molar-refractivity contribution in [3.05, 3.63) is 73.7 Å². The molecular formula is C22H12N4. The first-order valence-electron chi connectivity index (χ1n) is 8.46. The van der Waals surface area contributed by atoms with Gasteiger partial charge in [0.2, 0.25) is 0 Å². The minimum Gasteiger partial charge on any atom is -0.244 e. The summed E-state index contributed by atoms with van der Waals surface area (Å²) in [6.07, 6.45) is 8.74. The summed E-state index contributed by atoms with van der Waals surface area (Å²) in [5, 5.41) is 3.57. The van der Waals surface area contributed by atoms with Gasteiger partial charge in [-0.3, -0.25) is 0 Å². The van der Waals surface area contributed by atoms with Gasteiger partial charge in [0.15, 0.2) is 0 Å². The van der Waals surface area contributed by atoms with Gasteiger partial charge in [-0.25, -0.2) is 19.9 Å². The molecule has 4 nitrogen and oxygen atoms in total. The molecule has 120 valence electrons. The van der Waals surface area contributed by atoms with Crippen molar-refractivity contribution < 1.29 is 0 Å². The molecule has 6 rings (SSSR count). The quantitative estimate of drug-likeness (QED) is 0.430. The number of benzene rings is 3. The van der Waals surface area contributed by atoms with Crippen LogP contribution in [0.25, 0.3) is 55.1 Å². The molecule has 0 atom stereocenters. The smallest absolute Gasteiger partial charge is 0.116 e. The van der Waals surface area contributed by atoms with Gasteiger partial charge in [-0.05, 0) is 33.5 Å². The Kier molecular flexibility index (Phi) is 2.58. The summed E-state index contributed by atoms with van der Waals surface area (Å²) in [6, 6.07) is 15.2. The molecule has 0 radical (unpaired) electrons. The normalized spacial score (nSPS) is 11.8. The molecule has 0 aliphatic heterocycles. The van der Waals surface area contributed by atoms with E-state index < -0.39 is 0 Å². The van der Waals surface area contributed by atoms with Crippen molar-refractivity contribution in [2.45, 2.75) is 0 Å². The van der Waals surface area contributed by atoms with E-state index in [1.165, 1.54) is 33.0 Å². The second kappa shape index (κ2) is 4.92. The highest BCUT2D eigenvalue weighted by molar-refractivity contribution is 6.21. The Labute approximate surface area is 149 Å². The lowest BCUT2D eigenvalue weighted by Crippen LogP contribution is -1.92. The van der Waals surface area contributed by atoms with Crippen molar-refractivity contribution in [2.24, 2.45) is 0 Å². The van der Waals surface area contributed by atoms with Gasteiger partial charge >= 0.3 is 0 Å². The third-order valence-electron chi connectivity index (χ3n) is 5.11. The maximum absolute atomic E-state index is 4.60. The molecule has 0 amide bonds. The Morgan fingerprint density at radius 2 is 1.38 bits per heavy atom. The van der Waals surface area contributed by atoms with Crippen molar-refractivity contribution in [3.63, 3.8) is 0 Å². The molecule has 1 aliphatic carbocycles. The molecule has 0 unspecified atom stereocenters. The van der Waals surface area contributed by atoms with Crippen LogP contribution < -0.4 is 0 Å². The molecule has 2 aromatic heterocycles. The molecule has 26 heavy (non-hydrogen) atoms. The van der Waals surface area contributed by atoms with E-state index in [1.54, 1.807) is 12.7 Å². The standard InChI is InChI=1S/C22H12N4/c1-3-13-4-2-6-17-19(13)16(5-1)18-7-14-8-25-12-26-22(14)20(21(17)18)15-9-23-11-24-10-15/h1-12H. The van der Waals surface area contributed by atoms with Crippen molar-refractivity contribution in [1.82, 2.24) is 19.9 Å². The van der Waals surface area contributed by atoms with Crippen molar-refractivity contribution in [3.8, 4) is 33.4 Å². The minimum atomic E-state index is 0.929. The predicted molar refractivity (Wildman–Crippen MR) is 102 cm³/mol. The number of nitrogens with zero attached hydrogens (tertiary/aromatic N) is 4. The Hall–Kier alpha value is -3.66. The SMILES string of the molecule is c1cc2c3c(cccc3c1)-c1c-2cc2cncnc2c1-c1cncnc1. The lowest BCUT2D eigenvalue weighted by Gasteiger charge is -2.13. The van der Waals surface area contributed by atoms with Crippen LogP contribution in [0, 0.1) is 0 Å². The fourth-order valence-corrected chi connectivity index (χ4v) is 4.11. The van der Waals surface area contributed by atoms with E-state index in [0.717, 1.165) is 22.0 Å². The van der Waals surface area contributed by atoms with Gasteiger partial charge in [-0.2, -0.15) is 0 Å². The molecule has 0 saturated heterocycles. The van der Waals surface area contributed by atoms with Crippen LogP contribution >= 0.6 is 0 Å². The molecule has 0 saturated carbocycles. The van der Waals surface area contributed by atoms with E-state index >= 15 is 0 Å². The fourth-order valence-electron chi connectivity index (χ4n) is 4.11. The highest BCUT2D eigenvalue weighted by Crippen LogP contribution is 2.52. The zero-order chi connectivity index (χ0) is 17.1. The maximum Gasteiger partial charge on any atom is 0.116 e. The zero-order valence-electron chi connectivity index (χ0n) is 13.7. The van der Waals surface area contributed by atoms with Crippen LogP contribution in [0.4, 0.5) is 0 Å². The van der Waals surface area contributed by atoms with E-state index in [2.05, 4.69) is 62.4 Å².